The number of hydrogen-bond donors (Lipinski definition) is 2. The summed E-state index contributed by atoms with van der Waals surface area (Å²) in [7, 11) is 3.10. The van der Waals surface area contributed by atoms with E-state index < -0.39 is 0 Å². The van der Waals surface area contributed by atoms with Crippen molar-refractivity contribution in [1.29, 1.82) is 0 Å². The Hall–Kier alpha value is -3.24. The van der Waals surface area contributed by atoms with Gasteiger partial charge in [-0.2, -0.15) is 0 Å². The minimum atomic E-state index is -0.369. The molecule has 3 rings (SSSR count). The summed E-state index contributed by atoms with van der Waals surface area (Å²) in [6.45, 7) is 6.56. The van der Waals surface area contributed by atoms with Gasteiger partial charge in [-0.25, -0.2) is 0 Å². The minimum absolute atomic E-state index is 0.0538. The first-order valence-corrected chi connectivity index (χ1v) is 12.8. The van der Waals surface area contributed by atoms with Crippen molar-refractivity contribution in [3.63, 3.8) is 0 Å². The van der Waals surface area contributed by atoms with Crippen molar-refractivity contribution < 1.29 is 19.1 Å². The molecule has 0 fully saturated rings. The van der Waals surface area contributed by atoms with Gasteiger partial charge in [0.2, 0.25) is 5.91 Å². The van der Waals surface area contributed by atoms with Crippen LogP contribution in [0.1, 0.15) is 43.0 Å². The van der Waals surface area contributed by atoms with Gasteiger partial charge in [0.1, 0.15) is 11.5 Å². The zero-order chi connectivity index (χ0) is 26.2. The van der Waals surface area contributed by atoms with Crippen molar-refractivity contribution in [1.82, 2.24) is 20.1 Å². The Balaban J connectivity index is 1.71. The first kappa shape index (κ1) is 27.3. The van der Waals surface area contributed by atoms with Crippen molar-refractivity contribution in [3.05, 3.63) is 58.9 Å². The van der Waals surface area contributed by atoms with Crippen LogP contribution in [0.15, 0.2) is 47.6 Å². The maximum Gasteiger partial charge on any atom is 0.251 e. The molecule has 0 unspecified atom stereocenters. The smallest absolute Gasteiger partial charge is 0.251 e. The van der Waals surface area contributed by atoms with E-state index in [2.05, 4.69) is 20.8 Å². The SMILES string of the molecule is CCn1c(SCC(=O)Nc2cc(Cl)ccc2OC)nnc1[C@@H](NC(=O)c1ccc(OC)cc1)C(C)C. The van der Waals surface area contributed by atoms with Crippen molar-refractivity contribution in [2.45, 2.75) is 38.5 Å². The number of rotatable bonds is 11. The summed E-state index contributed by atoms with van der Waals surface area (Å²) in [6, 6.07) is 11.6. The van der Waals surface area contributed by atoms with Crippen molar-refractivity contribution in [2.24, 2.45) is 5.92 Å². The summed E-state index contributed by atoms with van der Waals surface area (Å²) in [6.07, 6.45) is 0. The molecule has 9 nitrogen and oxygen atoms in total. The van der Waals surface area contributed by atoms with Crippen LogP contribution in [0.4, 0.5) is 5.69 Å². The lowest BCUT2D eigenvalue weighted by molar-refractivity contribution is -0.113. The molecule has 0 aliphatic heterocycles. The van der Waals surface area contributed by atoms with Gasteiger partial charge >= 0.3 is 0 Å². The molecule has 0 saturated heterocycles. The van der Waals surface area contributed by atoms with E-state index in [0.717, 1.165) is 0 Å². The fourth-order valence-corrected chi connectivity index (χ4v) is 4.51. The topological polar surface area (TPSA) is 107 Å². The molecule has 3 aromatic rings. The summed E-state index contributed by atoms with van der Waals surface area (Å²) >= 11 is 7.31. The first-order chi connectivity index (χ1) is 17.3. The first-order valence-electron chi connectivity index (χ1n) is 11.4. The molecule has 1 aromatic heterocycles. The Kier molecular flexibility index (Phi) is 9.60. The Morgan fingerprint density at radius 1 is 1.08 bits per heavy atom. The fourth-order valence-electron chi connectivity index (χ4n) is 3.52. The molecule has 0 saturated carbocycles. The zero-order valence-corrected chi connectivity index (χ0v) is 22.4. The monoisotopic (exact) mass is 531 g/mol. The van der Waals surface area contributed by atoms with Crippen LogP contribution in [-0.2, 0) is 11.3 Å². The largest absolute Gasteiger partial charge is 0.497 e. The molecule has 1 heterocycles. The van der Waals surface area contributed by atoms with E-state index in [9.17, 15) is 9.59 Å². The average Bonchev–Trinajstić information content (AvgIpc) is 3.28. The Bertz CT molecular complexity index is 1200. The van der Waals surface area contributed by atoms with E-state index in [0.29, 0.717) is 45.3 Å². The molecule has 1 atom stereocenters. The third-order valence-corrected chi connectivity index (χ3v) is 6.62. The van der Waals surface area contributed by atoms with E-state index >= 15 is 0 Å². The standard InChI is InChI=1S/C25H30ClN5O4S/c1-6-31-23(22(15(2)3)28-24(33)16-7-10-18(34-4)11-8-16)29-30-25(31)36-14-21(32)27-19-13-17(26)9-12-20(19)35-5/h7-13,15,22H,6,14H2,1-5H3,(H,27,32)(H,28,33)/t22-/m0/s1. The number of nitrogens with zero attached hydrogens (tertiary/aromatic N) is 3. The number of nitrogens with one attached hydrogen (secondary N) is 2. The highest BCUT2D eigenvalue weighted by Gasteiger charge is 2.26. The van der Waals surface area contributed by atoms with Gasteiger partial charge in [0, 0.05) is 17.1 Å². The Morgan fingerprint density at radius 3 is 2.42 bits per heavy atom. The van der Waals surface area contributed by atoms with Gasteiger partial charge in [-0.3, -0.25) is 9.59 Å². The number of carbonyl (C=O) groups excluding carboxylic acids is 2. The van der Waals surface area contributed by atoms with E-state index in [-0.39, 0.29) is 29.5 Å². The van der Waals surface area contributed by atoms with Gasteiger partial charge in [0.15, 0.2) is 11.0 Å². The number of carbonyl (C=O) groups is 2. The minimum Gasteiger partial charge on any atom is -0.497 e. The second kappa shape index (κ2) is 12.6. The van der Waals surface area contributed by atoms with Gasteiger partial charge in [-0.15, -0.1) is 10.2 Å². The Morgan fingerprint density at radius 2 is 1.81 bits per heavy atom. The van der Waals surface area contributed by atoms with Crippen LogP contribution in [0.2, 0.25) is 5.02 Å². The predicted molar refractivity (Wildman–Crippen MR) is 141 cm³/mol. The number of amides is 2. The lowest BCUT2D eigenvalue weighted by atomic mass is 10.0. The normalized spacial score (nSPS) is 11.8. The number of benzene rings is 2. The molecule has 2 amide bonds. The highest BCUT2D eigenvalue weighted by Crippen LogP contribution is 2.29. The third kappa shape index (κ3) is 6.70. The molecule has 2 aromatic carbocycles. The van der Waals surface area contributed by atoms with Crippen LogP contribution < -0.4 is 20.1 Å². The molecule has 0 bridgehead atoms. The average molecular weight is 532 g/mol. The highest BCUT2D eigenvalue weighted by atomic mass is 35.5. The maximum atomic E-state index is 12.9. The number of hydrogen-bond acceptors (Lipinski definition) is 7. The van der Waals surface area contributed by atoms with E-state index in [1.54, 1.807) is 49.6 Å². The number of aromatic nitrogens is 3. The summed E-state index contributed by atoms with van der Waals surface area (Å²) in [4.78, 5) is 25.5. The summed E-state index contributed by atoms with van der Waals surface area (Å²) in [5, 5.41) is 15.6. The second-order valence-corrected chi connectivity index (χ2v) is 9.57. The van der Waals surface area contributed by atoms with Crippen molar-refractivity contribution in [2.75, 3.05) is 25.3 Å². The van der Waals surface area contributed by atoms with Gasteiger partial charge in [0.25, 0.3) is 5.91 Å². The van der Waals surface area contributed by atoms with Crippen LogP contribution in [0.3, 0.4) is 0 Å². The second-order valence-electron chi connectivity index (χ2n) is 8.19. The number of anilines is 1. The molecule has 36 heavy (non-hydrogen) atoms. The van der Waals surface area contributed by atoms with Crippen LogP contribution in [0, 0.1) is 5.92 Å². The van der Waals surface area contributed by atoms with Gasteiger partial charge in [-0.1, -0.05) is 37.2 Å². The number of thioether (sulfide) groups is 1. The lowest BCUT2D eigenvalue weighted by Crippen LogP contribution is -2.33. The van der Waals surface area contributed by atoms with Crippen LogP contribution in [0.25, 0.3) is 0 Å². The maximum absolute atomic E-state index is 12.9. The molecule has 0 spiro atoms. The van der Waals surface area contributed by atoms with Gasteiger partial charge < -0.3 is 24.7 Å². The molecule has 0 aliphatic carbocycles. The number of methoxy groups -OCH3 is 2. The quantitative estimate of drug-likeness (QED) is 0.341. The molecule has 0 radical (unpaired) electrons. The lowest BCUT2D eigenvalue weighted by Gasteiger charge is -2.22. The molecule has 2 N–H and O–H groups in total. The number of halogens is 1. The Labute approximate surface area is 219 Å². The molecular weight excluding hydrogens is 502 g/mol. The summed E-state index contributed by atoms with van der Waals surface area (Å²) < 4.78 is 12.4. The van der Waals surface area contributed by atoms with Crippen molar-refractivity contribution >= 4 is 40.9 Å². The third-order valence-electron chi connectivity index (χ3n) is 5.41. The predicted octanol–water partition coefficient (Wildman–Crippen LogP) is 4.83. The van der Waals surface area contributed by atoms with Crippen LogP contribution in [-0.4, -0.2) is 46.6 Å². The van der Waals surface area contributed by atoms with Gasteiger partial charge in [-0.05, 0) is 55.3 Å². The van der Waals surface area contributed by atoms with E-state index in [1.807, 2.05) is 25.3 Å². The van der Waals surface area contributed by atoms with Crippen LogP contribution in [0.5, 0.6) is 11.5 Å². The summed E-state index contributed by atoms with van der Waals surface area (Å²) in [5.41, 5.74) is 1.01. The van der Waals surface area contributed by atoms with Gasteiger partial charge in [0.05, 0.1) is 31.7 Å². The van der Waals surface area contributed by atoms with Crippen LogP contribution >= 0.6 is 23.4 Å². The van der Waals surface area contributed by atoms with E-state index in [1.165, 1.54) is 18.9 Å². The number of ether oxygens (including phenoxy) is 2. The molecule has 0 aliphatic rings. The molecule has 192 valence electrons. The zero-order valence-electron chi connectivity index (χ0n) is 20.9. The van der Waals surface area contributed by atoms with E-state index in [4.69, 9.17) is 21.1 Å². The van der Waals surface area contributed by atoms with Crippen molar-refractivity contribution in [3.8, 4) is 11.5 Å². The molecule has 11 heteroatoms. The fraction of sp³-hybridized carbons (Fsp3) is 0.360. The summed E-state index contributed by atoms with van der Waals surface area (Å²) in [5.74, 6) is 1.54. The molecular formula is C25H30ClN5O4S. The highest BCUT2D eigenvalue weighted by molar-refractivity contribution is 7.99.